The Bertz CT molecular complexity index is 567. The zero-order valence-corrected chi connectivity index (χ0v) is 11.5. The second-order valence-corrected chi connectivity index (χ2v) is 4.72. The van der Waals surface area contributed by atoms with E-state index in [-0.39, 0.29) is 12.0 Å². The van der Waals surface area contributed by atoms with Crippen molar-refractivity contribution in [3.63, 3.8) is 0 Å². The summed E-state index contributed by atoms with van der Waals surface area (Å²) in [6, 6.07) is 7.79. The fourth-order valence-electron chi connectivity index (χ4n) is 2.33. The number of ether oxygens (including phenoxy) is 2. The lowest BCUT2D eigenvalue weighted by molar-refractivity contribution is 0.185. The Morgan fingerprint density at radius 3 is 2.75 bits per heavy atom. The van der Waals surface area contributed by atoms with Crippen LogP contribution in [0.25, 0.3) is 11.4 Å². The lowest BCUT2D eigenvalue weighted by atomic mass is 10.0. The Hall–Kier alpha value is -1.92. The van der Waals surface area contributed by atoms with Crippen molar-refractivity contribution in [3.8, 4) is 17.1 Å². The van der Waals surface area contributed by atoms with Crippen LogP contribution in [-0.4, -0.2) is 43.6 Å². The predicted molar refractivity (Wildman–Crippen MR) is 72.7 cm³/mol. The SMILES string of the molecule is CNC1COCC1c1nc(-c2ccc(OC)cc2)no1. The van der Waals surface area contributed by atoms with E-state index in [1.165, 1.54) is 0 Å². The van der Waals surface area contributed by atoms with Crippen LogP contribution in [0.1, 0.15) is 11.8 Å². The van der Waals surface area contributed by atoms with Crippen molar-refractivity contribution < 1.29 is 14.0 Å². The highest BCUT2D eigenvalue weighted by Gasteiger charge is 2.33. The highest BCUT2D eigenvalue weighted by atomic mass is 16.5. The normalized spacial score (nSPS) is 22.1. The number of aromatic nitrogens is 2. The van der Waals surface area contributed by atoms with Gasteiger partial charge in [-0.25, -0.2) is 0 Å². The molecule has 2 unspecified atom stereocenters. The van der Waals surface area contributed by atoms with Crippen LogP contribution in [0.4, 0.5) is 0 Å². The second kappa shape index (κ2) is 5.60. The Labute approximate surface area is 117 Å². The van der Waals surface area contributed by atoms with Gasteiger partial charge in [0.2, 0.25) is 11.7 Å². The topological polar surface area (TPSA) is 69.4 Å². The minimum atomic E-state index is 0.111. The second-order valence-electron chi connectivity index (χ2n) is 4.72. The van der Waals surface area contributed by atoms with Gasteiger partial charge in [-0.15, -0.1) is 0 Å². The van der Waals surface area contributed by atoms with Gasteiger partial charge in [0.1, 0.15) is 5.75 Å². The van der Waals surface area contributed by atoms with E-state index in [1.54, 1.807) is 7.11 Å². The van der Waals surface area contributed by atoms with Crippen molar-refractivity contribution in [3.05, 3.63) is 30.2 Å². The van der Waals surface area contributed by atoms with Gasteiger partial charge >= 0.3 is 0 Å². The molecule has 2 heterocycles. The van der Waals surface area contributed by atoms with E-state index in [4.69, 9.17) is 14.0 Å². The number of likely N-dealkylation sites (N-methyl/N-ethyl adjacent to an activating group) is 1. The number of nitrogens with one attached hydrogen (secondary N) is 1. The molecule has 1 fully saturated rings. The van der Waals surface area contributed by atoms with E-state index in [0.29, 0.717) is 24.9 Å². The van der Waals surface area contributed by atoms with Crippen LogP contribution in [0.3, 0.4) is 0 Å². The zero-order chi connectivity index (χ0) is 13.9. The average Bonchev–Trinajstić information content (AvgIpc) is 3.15. The summed E-state index contributed by atoms with van der Waals surface area (Å²) in [7, 11) is 3.55. The lowest BCUT2D eigenvalue weighted by Crippen LogP contribution is -2.31. The number of methoxy groups -OCH3 is 1. The van der Waals surface area contributed by atoms with Gasteiger partial charge in [0, 0.05) is 11.6 Å². The summed E-state index contributed by atoms with van der Waals surface area (Å²) in [5.74, 6) is 2.12. The molecular formula is C14H17N3O3. The van der Waals surface area contributed by atoms with E-state index in [1.807, 2.05) is 31.3 Å². The molecule has 0 amide bonds. The molecule has 1 aromatic carbocycles. The molecule has 6 nitrogen and oxygen atoms in total. The maximum atomic E-state index is 5.45. The molecule has 0 aliphatic carbocycles. The van der Waals surface area contributed by atoms with Crippen LogP contribution in [0.15, 0.2) is 28.8 Å². The first kappa shape index (κ1) is 13.1. The molecule has 20 heavy (non-hydrogen) atoms. The molecule has 2 aromatic rings. The molecule has 0 spiro atoms. The molecule has 3 rings (SSSR count). The van der Waals surface area contributed by atoms with Gasteiger partial charge in [-0.05, 0) is 31.3 Å². The summed E-state index contributed by atoms with van der Waals surface area (Å²) in [5, 5.41) is 7.25. The summed E-state index contributed by atoms with van der Waals surface area (Å²) < 4.78 is 16.0. The van der Waals surface area contributed by atoms with E-state index < -0.39 is 0 Å². The Kier molecular flexibility index (Phi) is 3.66. The fourth-order valence-corrected chi connectivity index (χ4v) is 2.33. The number of benzene rings is 1. The van der Waals surface area contributed by atoms with Crippen LogP contribution in [0.2, 0.25) is 0 Å². The summed E-state index contributed by atoms with van der Waals surface area (Å²) in [6.07, 6.45) is 0. The minimum Gasteiger partial charge on any atom is -0.497 e. The molecule has 0 bridgehead atoms. The van der Waals surface area contributed by atoms with Gasteiger partial charge in [0.05, 0.1) is 26.2 Å². The molecule has 106 valence electrons. The van der Waals surface area contributed by atoms with Gasteiger partial charge in [-0.2, -0.15) is 4.98 Å². The summed E-state index contributed by atoms with van der Waals surface area (Å²) in [4.78, 5) is 4.48. The van der Waals surface area contributed by atoms with Gasteiger partial charge < -0.3 is 19.3 Å². The third-order valence-corrected chi connectivity index (χ3v) is 3.56. The van der Waals surface area contributed by atoms with Crippen molar-refractivity contribution >= 4 is 0 Å². The highest BCUT2D eigenvalue weighted by molar-refractivity contribution is 5.55. The molecule has 1 aliphatic rings. The van der Waals surface area contributed by atoms with Crippen LogP contribution in [0, 0.1) is 0 Å². The zero-order valence-electron chi connectivity index (χ0n) is 11.5. The number of nitrogens with zero attached hydrogens (tertiary/aromatic N) is 2. The van der Waals surface area contributed by atoms with E-state index in [9.17, 15) is 0 Å². The first-order chi connectivity index (χ1) is 9.81. The van der Waals surface area contributed by atoms with Crippen LogP contribution in [0.5, 0.6) is 5.75 Å². The number of hydrogen-bond acceptors (Lipinski definition) is 6. The molecular weight excluding hydrogens is 258 g/mol. The van der Waals surface area contributed by atoms with E-state index in [0.717, 1.165) is 11.3 Å². The van der Waals surface area contributed by atoms with Gasteiger partial charge in [-0.3, -0.25) is 0 Å². The number of hydrogen-bond donors (Lipinski definition) is 1. The predicted octanol–water partition coefficient (Wildman–Crippen LogP) is 1.45. The maximum Gasteiger partial charge on any atom is 0.234 e. The minimum absolute atomic E-state index is 0.111. The van der Waals surface area contributed by atoms with Gasteiger partial charge in [0.25, 0.3) is 0 Å². The van der Waals surface area contributed by atoms with Crippen LogP contribution < -0.4 is 10.1 Å². The maximum absolute atomic E-state index is 5.45. The molecule has 1 N–H and O–H groups in total. The van der Waals surface area contributed by atoms with Crippen molar-refractivity contribution in [2.45, 2.75) is 12.0 Å². The van der Waals surface area contributed by atoms with Crippen molar-refractivity contribution in [1.82, 2.24) is 15.5 Å². The monoisotopic (exact) mass is 275 g/mol. The molecule has 6 heteroatoms. The third-order valence-electron chi connectivity index (χ3n) is 3.56. The Morgan fingerprint density at radius 1 is 1.25 bits per heavy atom. The molecule has 1 aromatic heterocycles. The largest absolute Gasteiger partial charge is 0.497 e. The van der Waals surface area contributed by atoms with Crippen LogP contribution >= 0.6 is 0 Å². The first-order valence-corrected chi connectivity index (χ1v) is 6.55. The Balaban J connectivity index is 1.82. The summed E-state index contributed by atoms with van der Waals surface area (Å²) in [5.41, 5.74) is 0.903. The van der Waals surface area contributed by atoms with Crippen molar-refractivity contribution in [2.75, 3.05) is 27.4 Å². The molecule has 1 aliphatic heterocycles. The van der Waals surface area contributed by atoms with Gasteiger partial charge in [0.15, 0.2) is 0 Å². The van der Waals surface area contributed by atoms with Crippen molar-refractivity contribution in [1.29, 1.82) is 0 Å². The summed E-state index contributed by atoms with van der Waals surface area (Å²) >= 11 is 0. The molecule has 0 saturated carbocycles. The average molecular weight is 275 g/mol. The van der Waals surface area contributed by atoms with E-state index >= 15 is 0 Å². The Morgan fingerprint density at radius 2 is 2.05 bits per heavy atom. The van der Waals surface area contributed by atoms with Crippen LogP contribution in [-0.2, 0) is 4.74 Å². The molecule has 2 atom stereocenters. The fraction of sp³-hybridized carbons (Fsp3) is 0.429. The van der Waals surface area contributed by atoms with Gasteiger partial charge in [-0.1, -0.05) is 5.16 Å². The summed E-state index contributed by atoms with van der Waals surface area (Å²) in [6.45, 7) is 1.27. The smallest absolute Gasteiger partial charge is 0.234 e. The molecule has 0 radical (unpaired) electrons. The third kappa shape index (κ3) is 2.39. The lowest BCUT2D eigenvalue weighted by Gasteiger charge is -2.11. The highest BCUT2D eigenvalue weighted by Crippen LogP contribution is 2.27. The standard InChI is InChI=1S/C14H17N3O3/c1-15-12-8-19-7-11(12)14-16-13(17-20-14)9-3-5-10(18-2)6-4-9/h3-6,11-12,15H,7-8H2,1-2H3. The quantitative estimate of drug-likeness (QED) is 0.910. The van der Waals surface area contributed by atoms with E-state index in [2.05, 4.69) is 15.5 Å². The molecule has 1 saturated heterocycles. The number of rotatable bonds is 4. The first-order valence-electron chi connectivity index (χ1n) is 6.55. The van der Waals surface area contributed by atoms with Crippen molar-refractivity contribution in [2.24, 2.45) is 0 Å².